The fourth-order valence-electron chi connectivity index (χ4n) is 1.05. The molecule has 2 amide bonds. The van der Waals surface area contributed by atoms with Gasteiger partial charge in [-0.15, -0.1) is 23.2 Å². The highest BCUT2D eigenvalue weighted by atomic mass is 35.5. The number of alkyl halides is 3. The largest absolute Gasteiger partial charge is 0.322 e. The second kappa shape index (κ2) is 6.28. The fraction of sp³-hybridized carbons (Fsp3) is 0.300. The van der Waals surface area contributed by atoms with E-state index in [0.717, 1.165) is 4.90 Å². The highest BCUT2D eigenvalue weighted by Crippen LogP contribution is 2.19. The monoisotopic (exact) mass is 298 g/mol. The number of amides is 2. The maximum atomic E-state index is 13.3. The Morgan fingerprint density at radius 3 is 2.47 bits per heavy atom. The molecule has 1 aromatic rings. The van der Waals surface area contributed by atoms with E-state index in [1.54, 1.807) is 6.07 Å². The molecule has 0 bridgehead atoms. The van der Waals surface area contributed by atoms with Crippen LogP contribution >= 0.6 is 34.8 Å². The number of rotatable bonds is 3. The van der Waals surface area contributed by atoms with Gasteiger partial charge in [0.25, 0.3) is 0 Å². The zero-order chi connectivity index (χ0) is 13.0. The number of benzene rings is 1. The maximum absolute atomic E-state index is 13.3. The SMILES string of the molecule is CN(C(=O)Nc1ccccc1F)C(Cl)C(Cl)Cl. The van der Waals surface area contributed by atoms with Crippen molar-refractivity contribution in [2.24, 2.45) is 0 Å². The standard InChI is InChI=1S/C10H10Cl3FN2O/c1-16(9(13)8(11)12)10(17)15-7-5-3-2-4-6(7)14/h2-5,8-9H,1H3,(H,15,17). The quantitative estimate of drug-likeness (QED) is 0.670. The highest BCUT2D eigenvalue weighted by Gasteiger charge is 2.23. The summed E-state index contributed by atoms with van der Waals surface area (Å²) in [5.74, 6) is -0.534. The molecule has 94 valence electrons. The Kier molecular flexibility index (Phi) is 5.31. The van der Waals surface area contributed by atoms with Gasteiger partial charge in [-0.05, 0) is 12.1 Å². The van der Waals surface area contributed by atoms with Crippen LogP contribution in [0.15, 0.2) is 24.3 Å². The molecule has 0 aliphatic heterocycles. The van der Waals surface area contributed by atoms with Crippen molar-refractivity contribution >= 4 is 46.5 Å². The average Bonchev–Trinajstić information content (AvgIpc) is 2.30. The van der Waals surface area contributed by atoms with E-state index in [1.807, 2.05) is 0 Å². The Morgan fingerprint density at radius 1 is 1.35 bits per heavy atom. The predicted octanol–water partition coefficient (Wildman–Crippen LogP) is 3.66. The Hall–Kier alpha value is -0.710. The van der Waals surface area contributed by atoms with Crippen LogP contribution in [0.25, 0.3) is 0 Å². The van der Waals surface area contributed by atoms with E-state index in [-0.39, 0.29) is 5.69 Å². The lowest BCUT2D eigenvalue weighted by Gasteiger charge is -2.24. The molecule has 1 N–H and O–H groups in total. The van der Waals surface area contributed by atoms with E-state index in [0.29, 0.717) is 0 Å². The summed E-state index contributed by atoms with van der Waals surface area (Å²) in [6.45, 7) is 0. The number of nitrogens with one attached hydrogen (secondary N) is 1. The normalized spacial score (nSPS) is 12.4. The zero-order valence-electron chi connectivity index (χ0n) is 8.83. The van der Waals surface area contributed by atoms with Gasteiger partial charge >= 0.3 is 6.03 Å². The summed E-state index contributed by atoms with van der Waals surface area (Å²) >= 11 is 16.9. The molecule has 0 saturated heterocycles. The van der Waals surface area contributed by atoms with Gasteiger partial charge in [0.2, 0.25) is 0 Å². The molecular weight excluding hydrogens is 289 g/mol. The van der Waals surface area contributed by atoms with Crippen LogP contribution in [0, 0.1) is 5.82 Å². The van der Waals surface area contributed by atoms with E-state index < -0.39 is 22.2 Å². The Morgan fingerprint density at radius 2 is 1.94 bits per heavy atom. The average molecular weight is 300 g/mol. The number of hydrogen-bond acceptors (Lipinski definition) is 1. The van der Waals surface area contributed by atoms with Crippen molar-refractivity contribution in [1.82, 2.24) is 4.90 Å². The van der Waals surface area contributed by atoms with Crippen molar-refractivity contribution in [3.05, 3.63) is 30.1 Å². The summed E-state index contributed by atoms with van der Waals surface area (Å²) in [7, 11) is 1.41. The molecule has 0 aromatic heterocycles. The van der Waals surface area contributed by atoms with Gasteiger partial charge in [-0.25, -0.2) is 9.18 Å². The maximum Gasteiger partial charge on any atom is 0.322 e. The van der Waals surface area contributed by atoms with Crippen LogP contribution in [0.3, 0.4) is 0 Å². The van der Waals surface area contributed by atoms with Crippen LogP contribution in [0.2, 0.25) is 0 Å². The number of hydrogen-bond donors (Lipinski definition) is 1. The third-order valence-corrected chi connectivity index (χ3v) is 3.29. The topological polar surface area (TPSA) is 32.3 Å². The Bertz CT molecular complexity index is 403. The summed E-state index contributed by atoms with van der Waals surface area (Å²) in [6.07, 6.45) is 0. The summed E-state index contributed by atoms with van der Waals surface area (Å²) in [4.78, 5) is 11.8. The first-order valence-corrected chi connectivity index (χ1v) is 5.95. The summed E-state index contributed by atoms with van der Waals surface area (Å²) in [5, 5.41) is 2.36. The van der Waals surface area contributed by atoms with Crippen molar-refractivity contribution in [3.8, 4) is 0 Å². The summed E-state index contributed by atoms with van der Waals surface area (Å²) < 4.78 is 13.3. The molecule has 1 rings (SSSR count). The van der Waals surface area contributed by atoms with Crippen LogP contribution < -0.4 is 5.32 Å². The third kappa shape index (κ3) is 3.91. The second-order valence-electron chi connectivity index (χ2n) is 3.23. The van der Waals surface area contributed by atoms with Gasteiger partial charge in [-0.3, -0.25) is 0 Å². The first-order chi connectivity index (χ1) is 7.93. The van der Waals surface area contributed by atoms with Crippen molar-refractivity contribution in [2.45, 2.75) is 10.3 Å². The molecule has 0 heterocycles. The van der Waals surface area contributed by atoms with Crippen LogP contribution in [0.4, 0.5) is 14.9 Å². The smallest absolute Gasteiger partial charge is 0.308 e. The van der Waals surface area contributed by atoms with E-state index in [4.69, 9.17) is 34.8 Å². The molecule has 0 spiro atoms. The molecule has 0 aliphatic rings. The van der Waals surface area contributed by atoms with Crippen LogP contribution in [-0.2, 0) is 0 Å². The lowest BCUT2D eigenvalue weighted by molar-refractivity contribution is 0.219. The minimum absolute atomic E-state index is 0.0638. The van der Waals surface area contributed by atoms with Gasteiger partial charge < -0.3 is 10.2 Å². The predicted molar refractivity (Wildman–Crippen MR) is 68.3 cm³/mol. The fourth-order valence-corrected chi connectivity index (χ4v) is 1.47. The first-order valence-electron chi connectivity index (χ1n) is 4.64. The van der Waals surface area contributed by atoms with Gasteiger partial charge in [0.05, 0.1) is 5.69 Å². The van der Waals surface area contributed by atoms with Crippen molar-refractivity contribution in [1.29, 1.82) is 0 Å². The molecule has 0 saturated carbocycles. The number of urea groups is 1. The lowest BCUT2D eigenvalue weighted by Crippen LogP contribution is -2.40. The molecule has 7 heteroatoms. The van der Waals surface area contributed by atoms with Crippen LogP contribution in [0.1, 0.15) is 0 Å². The summed E-state index contributed by atoms with van der Waals surface area (Å²) in [5.41, 5.74) is -0.834. The van der Waals surface area contributed by atoms with Gasteiger partial charge in [-0.1, -0.05) is 23.7 Å². The molecule has 1 atom stereocenters. The molecule has 1 unspecified atom stereocenters. The first kappa shape index (κ1) is 14.4. The minimum Gasteiger partial charge on any atom is -0.308 e. The number of para-hydroxylation sites is 1. The lowest BCUT2D eigenvalue weighted by atomic mass is 10.3. The molecule has 0 radical (unpaired) electrons. The van der Waals surface area contributed by atoms with Crippen LogP contribution in [-0.4, -0.2) is 28.3 Å². The van der Waals surface area contributed by atoms with E-state index in [2.05, 4.69) is 5.32 Å². The molecule has 0 aliphatic carbocycles. The van der Waals surface area contributed by atoms with Gasteiger partial charge in [0.1, 0.15) is 16.2 Å². The third-order valence-electron chi connectivity index (χ3n) is 2.01. The molecule has 1 aromatic carbocycles. The Balaban J connectivity index is 2.70. The van der Waals surface area contributed by atoms with Crippen molar-refractivity contribution in [3.63, 3.8) is 0 Å². The van der Waals surface area contributed by atoms with Crippen molar-refractivity contribution < 1.29 is 9.18 Å². The highest BCUT2D eigenvalue weighted by molar-refractivity contribution is 6.48. The van der Waals surface area contributed by atoms with E-state index in [1.165, 1.54) is 25.2 Å². The van der Waals surface area contributed by atoms with Crippen LogP contribution in [0.5, 0.6) is 0 Å². The number of halogens is 4. The molecule has 17 heavy (non-hydrogen) atoms. The van der Waals surface area contributed by atoms with Crippen molar-refractivity contribution in [2.75, 3.05) is 12.4 Å². The van der Waals surface area contributed by atoms with Gasteiger partial charge in [0.15, 0.2) is 0 Å². The molecule has 3 nitrogen and oxygen atoms in total. The number of nitrogens with zero attached hydrogens (tertiary/aromatic N) is 1. The van der Waals surface area contributed by atoms with E-state index >= 15 is 0 Å². The number of carbonyl (C=O) groups is 1. The second-order valence-corrected chi connectivity index (χ2v) is 4.84. The summed E-state index contributed by atoms with van der Waals surface area (Å²) in [6, 6.07) is 5.19. The zero-order valence-corrected chi connectivity index (χ0v) is 11.1. The minimum atomic E-state index is -0.937. The number of carbonyl (C=O) groups excluding carboxylic acids is 1. The van der Waals surface area contributed by atoms with Gasteiger partial charge in [-0.2, -0.15) is 0 Å². The van der Waals surface area contributed by atoms with Gasteiger partial charge in [0, 0.05) is 7.05 Å². The van der Waals surface area contributed by atoms with E-state index in [9.17, 15) is 9.18 Å². The number of anilines is 1. The molecule has 0 fully saturated rings. The Labute approximate surface area is 113 Å². The molecular formula is C10H10Cl3FN2O.